The Morgan fingerprint density at radius 1 is 1.00 bits per heavy atom. The first-order valence-electron chi connectivity index (χ1n) is 7.53. The van der Waals surface area contributed by atoms with E-state index >= 15 is 0 Å². The summed E-state index contributed by atoms with van der Waals surface area (Å²) in [5.41, 5.74) is 2.31. The zero-order chi connectivity index (χ0) is 16.2. The molecule has 0 atom stereocenters. The second-order valence-corrected chi connectivity index (χ2v) is 6.96. The molecule has 0 spiro atoms. The average molecular weight is 344 g/mol. The fraction of sp³-hybridized carbons (Fsp3) is 0.222. The van der Waals surface area contributed by atoms with Gasteiger partial charge in [0.05, 0.1) is 0 Å². The van der Waals surface area contributed by atoms with E-state index in [2.05, 4.69) is 40.7 Å². The van der Waals surface area contributed by atoms with Crippen LogP contribution in [0.5, 0.6) is 0 Å². The molecule has 23 heavy (non-hydrogen) atoms. The Labute approximate surface area is 145 Å². The van der Waals surface area contributed by atoms with Gasteiger partial charge in [0.2, 0.25) is 0 Å². The zero-order valence-electron chi connectivity index (χ0n) is 13.1. The highest BCUT2D eigenvalue weighted by atomic mass is 35.5. The topological polar surface area (TPSA) is 30.7 Å². The Kier molecular flexibility index (Phi) is 5.03. The minimum atomic E-state index is 0.313. The molecule has 0 saturated carbocycles. The number of hydrogen-bond donors (Lipinski definition) is 0. The summed E-state index contributed by atoms with van der Waals surface area (Å²) in [6.07, 6.45) is 0. The van der Waals surface area contributed by atoms with Gasteiger partial charge in [0.15, 0.2) is 5.16 Å². The molecule has 3 nitrogen and oxygen atoms in total. The first kappa shape index (κ1) is 16.1. The van der Waals surface area contributed by atoms with Crippen molar-refractivity contribution >= 4 is 23.4 Å². The number of aromatic nitrogens is 3. The Bertz CT molecular complexity index is 767. The molecule has 0 aliphatic carbocycles. The number of benzene rings is 2. The molecule has 0 unspecified atom stereocenters. The smallest absolute Gasteiger partial charge is 0.196 e. The van der Waals surface area contributed by atoms with Gasteiger partial charge in [-0.05, 0) is 29.8 Å². The molecule has 0 saturated heterocycles. The lowest BCUT2D eigenvalue weighted by molar-refractivity contribution is 0.732. The van der Waals surface area contributed by atoms with Crippen LogP contribution in [-0.2, 0) is 5.75 Å². The normalized spacial score (nSPS) is 11.1. The molecule has 0 amide bonds. The number of rotatable bonds is 5. The molecule has 3 rings (SSSR count). The van der Waals surface area contributed by atoms with Crippen LogP contribution in [0.4, 0.5) is 0 Å². The molecule has 2 aromatic carbocycles. The van der Waals surface area contributed by atoms with Crippen LogP contribution in [0.25, 0.3) is 5.69 Å². The van der Waals surface area contributed by atoms with Crippen LogP contribution in [0, 0.1) is 0 Å². The lowest BCUT2D eigenvalue weighted by atomic mass is 10.2. The van der Waals surface area contributed by atoms with Crippen molar-refractivity contribution in [2.75, 3.05) is 0 Å². The Hall–Kier alpha value is -1.78. The first-order valence-corrected chi connectivity index (χ1v) is 8.89. The number of hydrogen-bond acceptors (Lipinski definition) is 3. The van der Waals surface area contributed by atoms with Gasteiger partial charge in [0.1, 0.15) is 5.82 Å². The summed E-state index contributed by atoms with van der Waals surface area (Å²) in [6, 6.07) is 18.2. The second-order valence-electron chi connectivity index (χ2n) is 5.58. The first-order chi connectivity index (χ1) is 11.1. The fourth-order valence-corrected chi connectivity index (χ4v) is 3.34. The molecular weight excluding hydrogens is 326 g/mol. The van der Waals surface area contributed by atoms with E-state index in [1.165, 1.54) is 5.56 Å². The van der Waals surface area contributed by atoms with E-state index in [0.717, 1.165) is 27.4 Å². The van der Waals surface area contributed by atoms with Gasteiger partial charge in [-0.1, -0.05) is 67.5 Å². The molecule has 0 bridgehead atoms. The fourth-order valence-electron chi connectivity index (χ4n) is 2.30. The number of thioether (sulfide) groups is 1. The van der Waals surface area contributed by atoms with Crippen LogP contribution in [-0.4, -0.2) is 14.8 Å². The summed E-state index contributed by atoms with van der Waals surface area (Å²) in [4.78, 5) is 0. The monoisotopic (exact) mass is 343 g/mol. The maximum Gasteiger partial charge on any atom is 0.196 e. The molecule has 5 heteroatoms. The summed E-state index contributed by atoms with van der Waals surface area (Å²) in [5, 5.41) is 10.5. The number of halogens is 1. The maximum absolute atomic E-state index is 5.94. The van der Waals surface area contributed by atoms with E-state index in [1.807, 2.05) is 42.5 Å². The third kappa shape index (κ3) is 3.77. The molecule has 0 radical (unpaired) electrons. The lowest BCUT2D eigenvalue weighted by Gasteiger charge is -2.12. The van der Waals surface area contributed by atoms with Crippen molar-refractivity contribution in [1.29, 1.82) is 0 Å². The van der Waals surface area contributed by atoms with Crippen LogP contribution in [0.15, 0.2) is 59.8 Å². The number of para-hydroxylation sites is 1. The van der Waals surface area contributed by atoms with E-state index < -0.39 is 0 Å². The molecule has 0 N–H and O–H groups in total. The van der Waals surface area contributed by atoms with Crippen molar-refractivity contribution in [2.45, 2.75) is 30.7 Å². The van der Waals surface area contributed by atoms with Gasteiger partial charge in [0, 0.05) is 22.4 Å². The molecule has 0 aliphatic rings. The molecule has 0 fully saturated rings. The molecule has 3 aromatic rings. The van der Waals surface area contributed by atoms with Gasteiger partial charge < -0.3 is 0 Å². The highest BCUT2D eigenvalue weighted by Gasteiger charge is 2.16. The molecule has 0 aliphatic heterocycles. The predicted octanol–water partition coefficient (Wildman–Crippen LogP) is 5.34. The van der Waals surface area contributed by atoms with Crippen LogP contribution in [0.1, 0.15) is 31.2 Å². The molecular formula is C18H18ClN3S. The van der Waals surface area contributed by atoms with Crippen LogP contribution < -0.4 is 0 Å². The Morgan fingerprint density at radius 3 is 2.35 bits per heavy atom. The van der Waals surface area contributed by atoms with E-state index in [4.69, 9.17) is 11.6 Å². The SMILES string of the molecule is CC(C)c1nnc(SCc2ccc(Cl)cc2)n1-c1ccccc1. The van der Waals surface area contributed by atoms with E-state index in [1.54, 1.807) is 11.8 Å². The van der Waals surface area contributed by atoms with Gasteiger partial charge in [-0.15, -0.1) is 10.2 Å². The Balaban J connectivity index is 1.89. The Morgan fingerprint density at radius 2 is 1.70 bits per heavy atom. The van der Waals surface area contributed by atoms with E-state index in [0.29, 0.717) is 5.92 Å². The molecule has 1 aromatic heterocycles. The lowest BCUT2D eigenvalue weighted by Crippen LogP contribution is -2.04. The summed E-state index contributed by atoms with van der Waals surface area (Å²) in [7, 11) is 0. The maximum atomic E-state index is 5.94. The van der Waals surface area contributed by atoms with Gasteiger partial charge >= 0.3 is 0 Å². The summed E-state index contributed by atoms with van der Waals surface area (Å²) >= 11 is 7.62. The van der Waals surface area contributed by atoms with Gasteiger partial charge in [-0.3, -0.25) is 4.57 Å². The highest BCUT2D eigenvalue weighted by Crippen LogP contribution is 2.28. The van der Waals surface area contributed by atoms with Crippen molar-refractivity contribution in [3.63, 3.8) is 0 Å². The van der Waals surface area contributed by atoms with Crippen molar-refractivity contribution in [3.8, 4) is 5.69 Å². The number of nitrogens with zero attached hydrogens (tertiary/aromatic N) is 3. The minimum absolute atomic E-state index is 0.313. The second kappa shape index (κ2) is 7.20. The van der Waals surface area contributed by atoms with Gasteiger partial charge in [-0.25, -0.2) is 0 Å². The van der Waals surface area contributed by atoms with Crippen molar-refractivity contribution in [2.24, 2.45) is 0 Å². The van der Waals surface area contributed by atoms with Crippen molar-refractivity contribution in [1.82, 2.24) is 14.8 Å². The average Bonchev–Trinajstić information content (AvgIpc) is 2.99. The molecule has 1 heterocycles. The van der Waals surface area contributed by atoms with E-state index in [9.17, 15) is 0 Å². The quantitative estimate of drug-likeness (QED) is 0.586. The van der Waals surface area contributed by atoms with Gasteiger partial charge in [-0.2, -0.15) is 0 Å². The van der Waals surface area contributed by atoms with Gasteiger partial charge in [0.25, 0.3) is 0 Å². The van der Waals surface area contributed by atoms with Crippen LogP contribution in [0.3, 0.4) is 0 Å². The van der Waals surface area contributed by atoms with Crippen LogP contribution >= 0.6 is 23.4 Å². The van der Waals surface area contributed by atoms with Crippen LogP contribution in [0.2, 0.25) is 5.02 Å². The van der Waals surface area contributed by atoms with Crippen molar-refractivity contribution in [3.05, 3.63) is 71.0 Å². The standard InChI is InChI=1S/C18H18ClN3S/c1-13(2)17-20-21-18(22(17)16-6-4-3-5-7-16)23-12-14-8-10-15(19)11-9-14/h3-11,13H,12H2,1-2H3. The largest absolute Gasteiger partial charge is 0.274 e. The third-order valence-corrected chi connectivity index (χ3v) is 4.72. The molecule has 118 valence electrons. The summed E-state index contributed by atoms with van der Waals surface area (Å²) in [6.45, 7) is 4.27. The zero-order valence-corrected chi connectivity index (χ0v) is 14.7. The summed E-state index contributed by atoms with van der Waals surface area (Å²) < 4.78 is 2.14. The van der Waals surface area contributed by atoms with E-state index in [-0.39, 0.29) is 0 Å². The highest BCUT2D eigenvalue weighted by molar-refractivity contribution is 7.98. The predicted molar refractivity (Wildman–Crippen MR) is 96.5 cm³/mol. The minimum Gasteiger partial charge on any atom is -0.274 e. The summed E-state index contributed by atoms with van der Waals surface area (Å²) in [5.74, 6) is 2.13. The third-order valence-electron chi connectivity index (χ3n) is 3.47. The van der Waals surface area contributed by atoms with Crippen molar-refractivity contribution < 1.29 is 0 Å².